The van der Waals surface area contributed by atoms with Crippen molar-refractivity contribution in [3.05, 3.63) is 95.1 Å². The molecule has 0 radical (unpaired) electrons. The van der Waals surface area contributed by atoms with Gasteiger partial charge < -0.3 is 14.6 Å². The number of aliphatic hydroxyl groups excluding tert-OH is 1. The van der Waals surface area contributed by atoms with Crippen LogP contribution in [-0.4, -0.2) is 53.0 Å². The van der Waals surface area contributed by atoms with E-state index in [9.17, 15) is 19.5 Å². The molecule has 0 spiro atoms. The van der Waals surface area contributed by atoms with Crippen LogP contribution < -0.4 is 0 Å². The number of ether oxygens (including phenoxy) is 2. The van der Waals surface area contributed by atoms with E-state index in [0.717, 1.165) is 17.2 Å². The Kier molecular flexibility index (Phi) is 7.56. The molecule has 1 N–H and O–H groups in total. The zero-order valence-electron chi connectivity index (χ0n) is 25.2. The second kappa shape index (κ2) is 11.0. The van der Waals surface area contributed by atoms with E-state index in [0.29, 0.717) is 6.42 Å². The van der Waals surface area contributed by atoms with Crippen LogP contribution >= 0.6 is 0 Å². The van der Waals surface area contributed by atoms with E-state index in [1.165, 1.54) is 19.1 Å². The van der Waals surface area contributed by atoms with Crippen molar-refractivity contribution in [2.75, 3.05) is 6.61 Å². The number of benzene rings is 2. The van der Waals surface area contributed by atoms with Gasteiger partial charge in [-0.2, -0.15) is 5.26 Å². The molecule has 6 rings (SSSR count). The van der Waals surface area contributed by atoms with Crippen molar-refractivity contribution in [2.45, 2.75) is 69.5 Å². The molecule has 4 aliphatic carbocycles. The number of halogens is 2. The number of allylic oxidation sites excluding steroid dienone is 4. The quantitative estimate of drug-likeness (QED) is 0.424. The number of alkyl halides is 2. The average Bonchev–Trinajstić information content (AvgIpc) is 3.31. The minimum Gasteiger partial charge on any atom is -0.447 e. The average molecular weight is 616 g/mol. The highest BCUT2D eigenvalue weighted by molar-refractivity contribution is 6.01. The van der Waals surface area contributed by atoms with Gasteiger partial charge >= 0.3 is 11.9 Å². The summed E-state index contributed by atoms with van der Waals surface area (Å²) in [5.41, 5.74) is -5.02. The summed E-state index contributed by atoms with van der Waals surface area (Å²) in [5, 5.41) is 20.8. The topological polar surface area (TPSA) is 114 Å². The fourth-order valence-electron chi connectivity index (χ4n) is 8.76. The van der Waals surface area contributed by atoms with Gasteiger partial charge in [0.15, 0.2) is 18.1 Å². The van der Waals surface area contributed by atoms with E-state index in [-0.39, 0.29) is 36.8 Å². The lowest BCUT2D eigenvalue weighted by molar-refractivity contribution is -0.228. The summed E-state index contributed by atoms with van der Waals surface area (Å²) >= 11 is 0. The van der Waals surface area contributed by atoms with Gasteiger partial charge in [-0.25, -0.2) is 18.4 Å². The van der Waals surface area contributed by atoms with Crippen LogP contribution in [0.4, 0.5) is 8.78 Å². The lowest BCUT2D eigenvalue weighted by Crippen LogP contribution is -2.70. The lowest BCUT2D eigenvalue weighted by Gasteiger charge is -2.62. The molecule has 2 aromatic carbocycles. The Balaban J connectivity index is 1.34. The highest BCUT2D eigenvalue weighted by Gasteiger charge is 2.77. The van der Waals surface area contributed by atoms with E-state index in [1.54, 1.807) is 37.3 Å². The predicted molar refractivity (Wildman–Crippen MR) is 159 cm³/mol. The molecule has 234 valence electrons. The molecule has 3 saturated carbocycles. The summed E-state index contributed by atoms with van der Waals surface area (Å²) in [6.07, 6.45) is 0.506. The van der Waals surface area contributed by atoms with Crippen LogP contribution in [0.25, 0.3) is 0 Å². The van der Waals surface area contributed by atoms with Gasteiger partial charge in [0.05, 0.1) is 11.7 Å². The number of nitrogens with zero attached hydrogens (tertiary/aromatic N) is 1. The minimum absolute atomic E-state index is 0.00349. The van der Waals surface area contributed by atoms with Crippen molar-refractivity contribution in [3.63, 3.8) is 0 Å². The predicted octanol–water partition coefficient (Wildman–Crippen LogP) is 5.56. The third-order valence-corrected chi connectivity index (χ3v) is 11.1. The summed E-state index contributed by atoms with van der Waals surface area (Å²) in [5.74, 6) is -3.96. The normalized spacial score (nSPS) is 36.5. The number of carbonyl (C=O) groups is 3. The maximum atomic E-state index is 17.5. The molecule has 0 aromatic heterocycles. The van der Waals surface area contributed by atoms with Crippen LogP contribution in [0, 0.1) is 34.0 Å². The van der Waals surface area contributed by atoms with Crippen LogP contribution in [0.5, 0.6) is 0 Å². The van der Waals surface area contributed by atoms with E-state index >= 15 is 8.78 Å². The fourth-order valence-corrected chi connectivity index (χ4v) is 8.76. The molecule has 0 bridgehead atoms. The van der Waals surface area contributed by atoms with Gasteiger partial charge in [0, 0.05) is 16.7 Å². The van der Waals surface area contributed by atoms with Crippen molar-refractivity contribution in [3.8, 4) is 6.07 Å². The van der Waals surface area contributed by atoms with Crippen molar-refractivity contribution >= 4 is 17.7 Å². The standard InChI is InChI=1S/C36H35F2NO6/c1-33-14-12-25(40)19-28(33)29(37)20-27-26-13-15-35(32(43)44-17-16-39,34(26,2)21-30(41)36(27,33)38)45-31(42)24-10-8-23(9-11-24)18-22-6-4-3-5-7-22/h3-12,14,19,26-27,29-30,41H,13,15,17-18,20-21H2,1-2H3/t26-,27-,29-,30-,33-,34-,35-,36-/m0/s1. The van der Waals surface area contributed by atoms with Crippen LogP contribution in [0.2, 0.25) is 0 Å². The summed E-state index contributed by atoms with van der Waals surface area (Å²) in [7, 11) is 0. The number of fused-ring (bicyclic) bond motifs is 5. The SMILES string of the molecule is C[C@]12C=CC(=O)C=C1[C@@H](F)C[C@H]1[C@@H]3CC[C@](OC(=O)c4ccc(Cc5ccccc5)cc4)(C(=O)OCC#N)[C@@]3(C)C[C@H](O)[C@@]12F. The highest BCUT2D eigenvalue weighted by atomic mass is 19.1. The minimum atomic E-state index is -2.35. The molecule has 4 aliphatic rings. The third-order valence-electron chi connectivity index (χ3n) is 11.1. The Hall–Kier alpha value is -4.16. The summed E-state index contributed by atoms with van der Waals surface area (Å²) in [4.78, 5) is 39.6. The van der Waals surface area contributed by atoms with Gasteiger partial charge in [-0.1, -0.05) is 55.5 Å². The van der Waals surface area contributed by atoms with Crippen LogP contribution in [0.3, 0.4) is 0 Å². The van der Waals surface area contributed by atoms with Crippen molar-refractivity contribution in [1.29, 1.82) is 5.26 Å². The largest absolute Gasteiger partial charge is 0.447 e. The first-order valence-electron chi connectivity index (χ1n) is 15.3. The molecule has 2 aromatic rings. The van der Waals surface area contributed by atoms with Crippen molar-refractivity contribution in [2.24, 2.45) is 22.7 Å². The molecule has 0 amide bonds. The van der Waals surface area contributed by atoms with Crippen LogP contribution in [0.15, 0.2) is 78.4 Å². The van der Waals surface area contributed by atoms with Gasteiger partial charge in [0.2, 0.25) is 5.60 Å². The molecule has 45 heavy (non-hydrogen) atoms. The molecule has 0 saturated heterocycles. The molecule has 0 unspecified atom stereocenters. The summed E-state index contributed by atoms with van der Waals surface area (Å²) in [6.45, 7) is 2.56. The Labute approximate surface area is 260 Å². The van der Waals surface area contributed by atoms with E-state index in [1.807, 2.05) is 30.3 Å². The Morgan fingerprint density at radius 1 is 1.07 bits per heavy atom. The van der Waals surface area contributed by atoms with E-state index in [4.69, 9.17) is 14.7 Å². The Bertz CT molecular complexity index is 1630. The van der Waals surface area contributed by atoms with Gasteiger partial charge in [0.1, 0.15) is 12.2 Å². The van der Waals surface area contributed by atoms with E-state index in [2.05, 4.69) is 0 Å². The number of rotatable bonds is 6. The van der Waals surface area contributed by atoms with Crippen molar-refractivity contribution < 1.29 is 37.7 Å². The molecular weight excluding hydrogens is 580 g/mol. The number of hydrogen-bond donors (Lipinski definition) is 1. The molecule has 7 nitrogen and oxygen atoms in total. The second-order valence-corrected chi connectivity index (χ2v) is 13.2. The van der Waals surface area contributed by atoms with Gasteiger partial charge in [-0.15, -0.1) is 0 Å². The van der Waals surface area contributed by atoms with Gasteiger partial charge in [0.25, 0.3) is 0 Å². The molecule has 3 fully saturated rings. The monoisotopic (exact) mass is 615 g/mol. The number of aliphatic hydroxyl groups is 1. The molecule has 0 aliphatic heterocycles. The van der Waals surface area contributed by atoms with Crippen molar-refractivity contribution in [1.82, 2.24) is 0 Å². The summed E-state index contributed by atoms with van der Waals surface area (Å²) < 4.78 is 44.7. The van der Waals surface area contributed by atoms with Gasteiger partial charge in [-0.05, 0) is 85.9 Å². The second-order valence-electron chi connectivity index (χ2n) is 13.2. The van der Waals surface area contributed by atoms with Crippen LogP contribution in [-0.2, 0) is 25.5 Å². The van der Waals surface area contributed by atoms with Crippen LogP contribution in [0.1, 0.15) is 61.0 Å². The molecule has 0 heterocycles. The maximum absolute atomic E-state index is 17.5. The lowest BCUT2D eigenvalue weighted by atomic mass is 9.44. The number of carbonyl (C=O) groups excluding carboxylic acids is 3. The molecule has 8 atom stereocenters. The zero-order valence-corrected chi connectivity index (χ0v) is 25.2. The van der Waals surface area contributed by atoms with E-state index < -0.39 is 70.5 Å². The van der Waals surface area contributed by atoms with Gasteiger partial charge in [-0.3, -0.25) is 4.79 Å². The smallest absolute Gasteiger partial charge is 0.352 e. The maximum Gasteiger partial charge on any atom is 0.352 e. The summed E-state index contributed by atoms with van der Waals surface area (Å²) in [6, 6.07) is 18.4. The number of ketones is 1. The number of nitriles is 1. The first-order valence-corrected chi connectivity index (χ1v) is 15.3. The number of esters is 2. The highest BCUT2D eigenvalue weighted by Crippen LogP contribution is 2.70. The first-order chi connectivity index (χ1) is 21.4. The Morgan fingerprint density at radius 2 is 1.76 bits per heavy atom. The number of hydrogen-bond acceptors (Lipinski definition) is 7. The molecule has 9 heteroatoms. The zero-order chi connectivity index (χ0) is 32.2. The molecular formula is C36H35F2NO6. The fraction of sp³-hybridized carbons (Fsp3) is 0.444. The Morgan fingerprint density at radius 3 is 2.44 bits per heavy atom. The third kappa shape index (κ3) is 4.56. The first kappa shape index (κ1) is 30.8.